The van der Waals surface area contributed by atoms with Gasteiger partial charge in [-0.25, -0.2) is 0 Å². The van der Waals surface area contributed by atoms with Crippen molar-refractivity contribution in [3.05, 3.63) is 115 Å². The van der Waals surface area contributed by atoms with E-state index in [2.05, 4.69) is 78.6 Å². The van der Waals surface area contributed by atoms with Crippen molar-refractivity contribution in [2.24, 2.45) is 0 Å². The molecule has 0 aliphatic rings. The van der Waals surface area contributed by atoms with Crippen LogP contribution in [0, 0.1) is 0 Å². The maximum absolute atomic E-state index is 10.0. The molecule has 0 atom stereocenters. The molecule has 0 saturated carbocycles. The summed E-state index contributed by atoms with van der Waals surface area (Å²) in [7, 11) is 0. The van der Waals surface area contributed by atoms with E-state index in [1.54, 1.807) is 12.1 Å². The lowest BCUT2D eigenvalue weighted by Gasteiger charge is -2.29. The second-order valence-corrected chi connectivity index (χ2v) is 9.89. The Morgan fingerprint density at radius 2 is 0.857 bits per heavy atom. The first kappa shape index (κ1) is 18.2. The van der Waals surface area contributed by atoms with Crippen LogP contribution in [-0.2, 0) is 0 Å². The van der Waals surface area contributed by atoms with E-state index in [9.17, 15) is 10.2 Å². The van der Waals surface area contributed by atoms with Crippen LogP contribution >= 0.6 is 6.89 Å². The number of aromatic hydroxyl groups is 2. The fourth-order valence-electron chi connectivity index (χ4n) is 3.58. The van der Waals surface area contributed by atoms with E-state index < -0.39 is 6.89 Å². The molecule has 28 heavy (non-hydrogen) atoms. The van der Waals surface area contributed by atoms with Gasteiger partial charge in [0.25, 0.3) is 0 Å². The molecule has 138 valence electrons. The first-order valence-corrected chi connectivity index (χ1v) is 11.0. The molecule has 0 saturated heterocycles. The van der Waals surface area contributed by atoms with Crippen molar-refractivity contribution in [2.45, 2.75) is 0 Å². The van der Waals surface area contributed by atoms with Crippen molar-refractivity contribution in [1.29, 1.82) is 0 Å². The zero-order valence-corrected chi connectivity index (χ0v) is 16.2. The Labute approximate surface area is 165 Å². The minimum Gasteiger partial charge on any atom is -0.508 e. The number of rotatable bonds is 4. The minimum atomic E-state index is -2.16. The largest absolute Gasteiger partial charge is 0.508 e. The van der Waals surface area contributed by atoms with Crippen molar-refractivity contribution >= 4 is 28.6 Å². The molecule has 2 N–H and O–H groups in total. The molecule has 0 bridgehead atoms. The third-order valence-electron chi connectivity index (χ3n) is 4.76. The normalized spacial score (nSPS) is 11.1. The van der Waals surface area contributed by atoms with Gasteiger partial charge in [0.15, 0.2) is 0 Å². The molecular weight excluding hydrogens is 363 g/mol. The summed E-state index contributed by atoms with van der Waals surface area (Å²) in [6, 6.07) is 36.1. The number of hydrogen-bond acceptors (Lipinski definition) is 2. The van der Waals surface area contributed by atoms with Gasteiger partial charge < -0.3 is 10.2 Å². The molecule has 3 heteroatoms. The lowest BCUT2D eigenvalue weighted by molar-refractivity contribution is 0.450. The standard InChI is InChI=1S/C25H21O2P/c26-21-16-20(17-22(27)18-21)19-28(23-10-4-1-5-11-23,24-12-6-2-7-13-24)25-14-8-3-9-15-25/h1-19,26-27H. The topological polar surface area (TPSA) is 40.5 Å². The summed E-state index contributed by atoms with van der Waals surface area (Å²) in [5, 5.41) is 23.7. The monoisotopic (exact) mass is 384 g/mol. The van der Waals surface area contributed by atoms with Gasteiger partial charge in [-0.05, 0) is 46.3 Å². The second-order valence-electron chi connectivity index (χ2n) is 6.64. The zero-order valence-electron chi connectivity index (χ0n) is 15.3. The van der Waals surface area contributed by atoms with Crippen LogP contribution in [0.25, 0.3) is 0 Å². The summed E-state index contributed by atoms with van der Waals surface area (Å²) >= 11 is 0. The summed E-state index contributed by atoms with van der Waals surface area (Å²) in [5.74, 6) is 2.32. The summed E-state index contributed by atoms with van der Waals surface area (Å²) < 4.78 is 0. The third kappa shape index (κ3) is 3.47. The molecule has 4 aromatic rings. The summed E-state index contributed by atoms with van der Waals surface area (Å²) in [4.78, 5) is 0. The van der Waals surface area contributed by atoms with Crippen LogP contribution in [-0.4, -0.2) is 16.0 Å². The van der Waals surface area contributed by atoms with Crippen molar-refractivity contribution < 1.29 is 10.2 Å². The SMILES string of the molecule is Oc1cc(O)cc(C=P(c2ccccc2)(c2ccccc2)c2ccccc2)c1. The van der Waals surface area contributed by atoms with Gasteiger partial charge in [-0.3, -0.25) is 0 Å². The third-order valence-corrected chi connectivity index (χ3v) is 8.78. The molecule has 0 heterocycles. The number of phenols is 2. The van der Waals surface area contributed by atoms with E-state index in [-0.39, 0.29) is 11.5 Å². The van der Waals surface area contributed by atoms with Crippen LogP contribution in [0.2, 0.25) is 0 Å². The fraction of sp³-hybridized carbons (Fsp3) is 0. The molecule has 4 aromatic carbocycles. The number of phenolic OH excluding ortho intramolecular Hbond substituents is 2. The molecule has 0 amide bonds. The molecule has 0 radical (unpaired) electrons. The van der Waals surface area contributed by atoms with E-state index in [0.29, 0.717) is 0 Å². The second kappa shape index (κ2) is 7.80. The van der Waals surface area contributed by atoms with Gasteiger partial charge in [0.05, 0.1) is 0 Å². The summed E-state index contributed by atoms with van der Waals surface area (Å²) in [6.07, 6.45) is 0. The Hall–Kier alpha value is -3.22. The first-order chi connectivity index (χ1) is 13.7. The molecular formula is C25H21O2P. The maximum Gasteiger partial charge on any atom is 0.119 e. The molecule has 0 spiro atoms. The lowest BCUT2D eigenvalue weighted by atomic mass is 10.2. The smallest absolute Gasteiger partial charge is 0.119 e. The van der Waals surface area contributed by atoms with E-state index in [1.807, 2.05) is 18.2 Å². The lowest BCUT2D eigenvalue weighted by Crippen LogP contribution is -2.27. The van der Waals surface area contributed by atoms with E-state index in [4.69, 9.17) is 0 Å². The molecule has 0 fully saturated rings. The quantitative estimate of drug-likeness (QED) is 0.517. The number of benzene rings is 4. The van der Waals surface area contributed by atoms with E-state index in [1.165, 1.54) is 22.0 Å². The van der Waals surface area contributed by atoms with Gasteiger partial charge in [0, 0.05) is 6.07 Å². The summed E-state index contributed by atoms with van der Waals surface area (Å²) in [5.41, 5.74) is 0.794. The van der Waals surface area contributed by atoms with E-state index in [0.717, 1.165) is 5.56 Å². The van der Waals surface area contributed by atoms with Crippen LogP contribution in [0.4, 0.5) is 0 Å². The van der Waals surface area contributed by atoms with Gasteiger partial charge in [-0.15, -0.1) is 0 Å². The minimum absolute atomic E-state index is 0.0542. The number of hydrogen-bond donors (Lipinski definition) is 2. The molecule has 0 aromatic heterocycles. The first-order valence-electron chi connectivity index (χ1n) is 9.13. The Kier molecular flexibility index (Phi) is 5.06. The van der Waals surface area contributed by atoms with Crippen molar-refractivity contribution in [3.8, 4) is 11.5 Å². The van der Waals surface area contributed by atoms with Gasteiger partial charge in [-0.2, -0.15) is 0 Å². The molecule has 0 aliphatic heterocycles. The van der Waals surface area contributed by atoms with Crippen molar-refractivity contribution in [2.75, 3.05) is 0 Å². The van der Waals surface area contributed by atoms with Gasteiger partial charge in [0.2, 0.25) is 0 Å². The highest BCUT2D eigenvalue weighted by molar-refractivity contribution is 7.94. The van der Waals surface area contributed by atoms with Crippen LogP contribution in [0.3, 0.4) is 0 Å². The molecule has 4 rings (SSSR count). The maximum atomic E-state index is 10.0. The van der Waals surface area contributed by atoms with Crippen LogP contribution in [0.5, 0.6) is 11.5 Å². The Morgan fingerprint density at radius 3 is 1.21 bits per heavy atom. The summed E-state index contributed by atoms with van der Waals surface area (Å²) in [6.45, 7) is -2.16. The predicted molar refractivity (Wildman–Crippen MR) is 120 cm³/mol. The highest BCUT2D eigenvalue weighted by atomic mass is 31.2. The van der Waals surface area contributed by atoms with Crippen LogP contribution in [0.15, 0.2) is 109 Å². The van der Waals surface area contributed by atoms with Gasteiger partial charge in [-0.1, -0.05) is 91.0 Å². The zero-order chi connectivity index (χ0) is 19.4. The highest BCUT2D eigenvalue weighted by Gasteiger charge is 2.25. The van der Waals surface area contributed by atoms with Gasteiger partial charge in [0.1, 0.15) is 11.5 Å². The average molecular weight is 384 g/mol. The van der Waals surface area contributed by atoms with Crippen molar-refractivity contribution in [3.63, 3.8) is 0 Å². The Bertz CT molecular complexity index is 997. The van der Waals surface area contributed by atoms with Crippen LogP contribution < -0.4 is 15.9 Å². The van der Waals surface area contributed by atoms with Crippen molar-refractivity contribution in [1.82, 2.24) is 0 Å². The Morgan fingerprint density at radius 1 is 0.500 bits per heavy atom. The van der Waals surface area contributed by atoms with Gasteiger partial charge >= 0.3 is 0 Å². The molecule has 0 unspecified atom stereocenters. The predicted octanol–water partition coefficient (Wildman–Crippen LogP) is 4.24. The molecule has 0 aliphatic carbocycles. The average Bonchev–Trinajstić information content (AvgIpc) is 2.73. The van der Waals surface area contributed by atoms with E-state index >= 15 is 0 Å². The highest BCUT2D eigenvalue weighted by Crippen LogP contribution is 2.44. The fourth-order valence-corrected chi connectivity index (χ4v) is 7.44. The molecule has 2 nitrogen and oxygen atoms in total. The Balaban J connectivity index is 2.14. The van der Waals surface area contributed by atoms with Crippen LogP contribution in [0.1, 0.15) is 5.56 Å².